The molecule has 22 heavy (non-hydrogen) atoms. The molecular formula is C16H19Cl2N3O. The first-order valence-corrected chi connectivity index (χ1v) is 8.03. The quantitative estimate of drug-likeness (QED) is 0.772. The maximum atomic E-state index is 12.1. The molecule has 1 aromatic carbocycles. The molecule has 2 aromatic rings. The Hall–Kier alpha value is -1.36. The Morgan fingerprint density at radius 3 is 2.59 bits per heavy atom. The van der Waals surface area contributed by atoms with Crippen molar-refractivity contribution in [3.05, 3.63) is 46.2 Å². The lowest BCUT2D eigenvalue weighted by Gasteiger charge is -2.16. The first-order valence-electron chi connectivity index (χ1n) is 7.27. The Bertz CT molecular complexity index is 651. The number of carbonyl (C=O) groups excluding carboxylic acids is 1. The number of aromatic nitrogens is 2. The number of likely N-dealkylation sites (N-methyl/N-ethyl adjacent to an activating group) is 1. The fourth-order valence-electron chi connectivity index (χ4n) is 2.21. The Kier molecular flexibility index (Phi) is 6.00. The van der Waals surface area contributed by atoms with Crippen LogP contribution in [0.4, 0.5) is 0 Å². The van der Waals surface area contributed by atoms with Crippen LogP contribution in [0.1, 0.15) is 19.5 Å². The predicted molar refractivity (Wildman–Crippen MR) is 90.1 cm³/mol. The van der Waals surface area contributed by atoms with Gasteiger partial charge in [-0.25, -0.2) is 4.68 Å². The van der Waals surface area contributed by atoms with Crippen molar-refractivity contribution in [2.75, 3.05) is 19.6 Å². The van der Waals surface area contributed by atoms with Gasteiger partial charge in [0.15, 0.2) is 5.78 Å². The summed E-state index contributed by atoms with van der Waals surface area (Å²) in [6.45, 7) is 6.30. The van der Waals surface area contributed by atoms with E-state index in [1.165, 1.54) is 0 Å². The van der Waals surface area contributed by atoms with E-state index in [0.717, 1.165) is 24.5 Å². The van der Waals surface area contributed by atoms with E-state index in [0.29, 0.717) is 23.0 Å². The second-order valence-electron chi connectivity index (χ2n) is 5.02. The Morgan fingerprint density at radius 2 is 1.95 bits per heavy atom. The van der Waals surface area contributed by atoms with E-state index in [9.17, 15) is 4.79 Å². The molecule has 0 radical (unpaired) electrons. The zero-order chi connectivity index (χ0) is 16.1. The lowest BCUT2D eigenvalue weighted by Crippen LogP contribution is -2.30. The van der Waals surface area contributed by atoms with E-state index in [1.54, 1.807) is 29.1 Å². The number of halogens is 2. The van der Waals surface area contributed by atoms with Crippen molar-refractivity contribution in [2.45, 2.75) is 20.3 Å². The van der Waals surface area contributed by atoms with E-state index in [1.807, 2.05) is 19.9 Å². The van der Waals surface area contributed by atoms with Crippen molar-refractivity contribution < 1.29 is 4.79 Å². The van der Waals surface area contributed by atoms with Crippen molar-refractivity contribution in [3.8, 4) is 5.69 Å². The second-order valence-corrected chi connectivity index (χ2v) is 5.87. The predicted octanol–water partition coefficient (Wildman–Crippen LogP) is 3.63. The highest BCUT2D eigenvalue weighted by Gasteiger charge is 2.11. The van der Waals surface area contributed by atoms with E-state index in [-0.39, 0.29) is 5.78 Å². The summed E-state index contributed by atoms with van der Waals surface area (Å²) >= 11 is 12.1. The minimum absolute atomic E-state index is 0.163. The molecule has 0 bridgehead atoms. The largest absolute Gasteiger partial charge is 0.298 e. The van der Waals surface area contributed by atoms with E-state index < -0.39 is 0 Å². The third kappa shape index (κ3) is 4.32. The van der Waals surface area contributed by atoms with Gasteiger partial charge < -0.3 is 0 Å². The zero-order valence-corrected chi connectivity index (χ0v) is 14.2. The number of benzene rings is 1. The topological polar surface area (TPSA) is 38.1 Å². The van der Waals surface area contributed by atoms with Crippen LogP contribution in [0.2, 0.25) is 10.0 Å². The first kappa shape index (κ1) is 17.0. The van der Waals surface area contributed by atoms with Gasteiger partial charge in [-0.15, -0.1) is 0 Å². The summed E-state index contributed by atoms with van der Waals surface area (Å²) in [5.74, 6) is 0.163. The van der Waals surface area contributed by atoms with Gasteiger partial charge in [0, 0.05) is 11.2 Å². The fourth-order valence-corrected chi connectivity index (χ4v) is 2.71. The van der Waals surface area contributed by atoms with E-state index in [4.69, 9.17) is 23.2 Å². The highest BCUT2D eigenvalue weighted by atomic mass is 35.5. The first-order chi connectivity index (χ1) is 10.5. The lowest BCUT2D eigenvalue weighted by molar-refractivity contribution is -0.119. The third-order valence-corrected chi connectivity index (χ3v) is 4.01. The molecule has 0 fully saturated rings. The molecule has 0 saturated heterocycles. The molecule has 4 nitrogen and oxygen atoms in total. The summed E-state index contributed by atoms with van der Waals surface area (Å²) < 4.78 is 1.67. The van der Waals surface area contributed by atoms with Gasteiger partial charge in [-0.1, -0.05) is 37.0 Å². The van der Waals surface area contributed by atoms with Gasteiger partial charge >= 0.3 is 0 Å². The van der Waals surface area contributed by atoms with Crippen molar-refractivity contribution in [1.29, 1.82) is 0 Å². The van der Waals surface area contributed by atoms with Crippen LogP contribution in [0, 0.1) is 0 Å². The number of nitrogens with zero attached hydrogens (tertiary/aromatic N) is 3. The molecule has 6 heteroatoms. The SMILES string of the molecule is CCN(CC)CC(=O)Cc1ccn(-c2ccc(Cl)cc2Cl)n1. The van der Waals surface area contributed by atoms with Crippen molar-refractivity contribution >= 4 is 29.0 Å². The summed E-state index contributed by atoms with van der Waals surface area (Å²) in [5, 5.41) is 5.52. The molecule has 0 N–H and O–H groups in total. The van der Waals surface area contributed by atoms with Gasteiger partial charge in [0.05, 0.1) is 29.4 Å². The Balaban J connectivity index is 2.07. The minimum Gasteiger partial charge on any atom is -0.298 e. The number of hydrogen-bond donors (Lipinski definition) is 0. The molecule has 1 heterocycles. The van der Waals surface area contributed by atoms with Crippen molar-refractivity contribution in [1.82, 2.24) is 14.7 Å². The normalized spacial score (nSPS) is 11.1. The number of rotatable bonds is 7. The summed E-state index contributed by atoms with van der Waals surface area (Å²) in [6.07, 6.45) is 2.13. The number of carbonyl (C=O) groups is 1. The van der Waals surface area contributed by atoms with Crippen LogP contribution in [-0.4, -0.2) is 40.1 Å². The molecule has 0 amide bonds. The molecular weight excluding hydrogens is 321 g/mol. The van der Waals surface area contributed by atoms with E-state index in [2.05, 4.69) is 10.00 Å². The molecule has 1 aromatic heterocycles. The van der Waals surface area contributed by atoms with Crippen LogP contribution in [0.5, 0.6) is 0 Å². The third-order valence-electron chi connectivity index (χ3n) is 3.47. The van der Waals surface area contributed by atoms with Gasteiger partial charge in [0.1, 0.15) is 0 Å². The lowest BCUT2D eigenvalue weighted by atomic mass is 10.2. The number of ketones is 1. The summed E-state index contributed by atoms with van der Waals surface area (Å²) in [6, 6.07) is 7.07. The molecule has 0 atom stereocenters. The maximum Gasteiger partial charge on any atom is 0.152 e. The van der Waals surface area contributed by atoms with Crippen LogP contribution in [0.3, 0.4) is 0 Å². The van der Waals surface area contributed by atoms with Crippen molar-refractivity contribution in [2.24, 2.45) is 0 Å². The standard InChI is InChI=1S/C16H19Cl2N3O/c1-3-20(4-2)11-14(22)10-13-7-8-21(19-13)16-6-5-12(17)9-15(16)18/h5-9H,3-4,10-11H2,1-2H3. The molecule has 0 spiro atoms. The van der Waals surface area contributed by atoms with Crippen LogP contribution < -0.4 is 0 Å². The van der Waals surface area contributed by atoms with Gasteiger partial charge in [-0.2, -0.15) is 5.10 Å². The molecule has 118 valence electrons. The monoisotopic (exact) mass is 339 g/mol. The van der Waals surface area contributed by atoms with Crippen LogP contribution in [0.15, 0.2) is 30.5 Å². The number of Topliss-reactive ketones (excluding diaryl/α,β-unsaturated/α-hetero) is 1. The summed E-state index contributed by atoms with van der Waals surface area (Å²) in [4.78, 5) is 14.2. The van der Waals surface area contributed by atoms with Crippen LogP contribution in [0.25, 0.3) is 5.69 Å². The van der Waals surface area contributed by atoms with E-state index >= 15 is 0 Å². The molecule has 0 aliphatic carbocycles. The minimum atomic E-state index is 0.163. The summed E-state index contributed by atoms with van der Waals surface area (Å²) in [7, 11) is 0. The van der Waals surface area contributed by atoms with Gasteiger partial charge in [-0.05, 0) is 37.4 Å². The molecule has 2 rings (SSSR count). The molecule has 0 aliphatic heterocycles. The maximum absolute atomic E-state index is 12.1. The highest BCUT2D eigenvalue weighted by molar-refractivity contribution is 6.35. The second kappa shape index (κ2) is 7.77. The van der Waals surface area contributed by atoms with Gasteiger partial charge in [0.2, 0.25) is 0 Å². The fraction of sp³-hybridized carbons (Fsp3) is 0.375. The zero-order valence-electron chi connectivity index (χ0n) is 12.7. The van der Waals surface area contributed by atoms with Gasteiger partial charge in [-0.3, -0.25) is 9.69 Å². The van der Waals surface area contributed by atoms with Crippen LogP contribution in [-0.2, 0) is 11.2 Å². The molecule has 0 unspecified atom stereocenters. The Labute approximate surface area is 140 Å². The Morgan fingerprint density at radius 1 is 1.23 bits per heavy atom. The number of hydrogen-bond acceptors (Lipinski definition) is 3. The van der Waals surface area contributed by atoms with Gasteiger partial charge in [0.25, 0.3) is 0 Å². The van der Waals surface area contributed by atoms with Crippen molar-refractivity contribution in [3.63, 3.8) is 0 Å². The highest BCUT2D eigenvalue weighted by Crippen LogP contribution is 2.23. The summed E-state index contributed by atoms with van der Waals surface area (Å²) in [5.41, 5.74) is 1.48. The van der Waals surface area contributed by atoms with Crippen LogP contribution >= 0.6 is 23.2 Å². The molecule has 0 aliphatic rings. The molecule has 0 saturated carbocycles. The smallest absolute Gasteiger partial charge is 0.152 e. The average molecular weight is 340 g/mol. The average Bonchev–Trinajstić information content (AvgIpc) is 2.92.